The topological polar surface area (TPSA) is 49.3 Å². The minimum absolute atomic E-state index is 0.541. The first-order valence-corrected chi connectivity index (χ1v) is 4.74. The van der Waals surface area contributed by atoms with Gasteiger partial charge in [0.1, 0.15) is 0 Å². The van der Waals surface area contributed by atoms with Gasteiger partial charge in [-0.3, -0.25) is 4.79 Å². The molecular formula is C9H14ClNO2. The molecule has 0 bridgehead atoms. The first-order valence-electron chi connectivity index (χ1n) is 4.31. The summed E-state index contributed by atoms with van der Waals surface area (Å²) in [7, 11) is 0. The number of hydrogen-bond acceptors (Lipinski definition) is 2. The highest BCUT2D eigenvalue weighted by atomic mass is 35.5. The van der Waals surface area contributed by atoms with Crippen LogP contribution in [0.5, 0.6) is 0 Å². The Bertz CT molecular complexity index is 232. The first kappa shape index (κ1) is 10.5. The lowest BCUT2D eigenvalue weighted by Crippen LogP contribution is -2.33. The number of nitrogens with one attached hydrogen (secondary N) is 1. The van der Waals surface area contributed by atoms with Crippen LogP contribution in [-0.2, 0) is 4.79 Å². The van der Waals surface area contributed by atoms with E-state index in [2.05, 4.69) is 5.32 Å². The van der Waals surface area contributed by atoms with Crippen molar-refractivity contribution in [1.82, 2.24) is 5.32 Å². The molecule has 0 saturated carbocycles. The monoisotopic (exact) mass is 203 g/mol. The molecule has 0 amide bonds. The van der Waals surface area contributed by atoms with E-state index in [0.29, 0.717) is 19.4 Å². The van der Waals surface area contributed by atoms with E-state index >= 15 is 0 Å². The number of hydrogen-bond donors (Lipinski definition) is 2. The summed E-state index contributed by atoms with van der Waals surface area (Å²) < 4.78 is 0. The van der Waals surface area contributed by atoms with Crippen molar-refractivity contribution in [3.05, 3.63) is 11.1 Å². The number of carbonyl (C=O) groups is 1. The third-order valence-corrected chi connectivity index (χ3v) is 2.87. The Balaban J connectivity index is 2.74. The Morgan fingerprint density at radius 3 is 2.85 bits per heavy atom. The fourth-order valence-corrected chi connectivity index (χ4v) is 1.80. The summed E-state index contributed by atoms with van der Waals surface area (Å²) in [4.78, 5) is 11.1. The summed E-state index contributed by atoms with van der Waals surface area (Å²) in [5.74, 6) is -0.727. The second-order valence-electron chi connectivity index (χ2n) is 3.64. The largest absolute Gasteiger partial charge is 0.481 e. The molecule has 1 unspecified atom stereocenters. The average Bonchev–Trinajstić information content (AvgIpc) is 2.54. The predicted octanol–water partition coefficient (Wildman–Crippen LogP) is 1.58. The van der Waals surface area contributed by atoms with E-state index < -0.39 is 11.4 Å². The van der Waals surface area contributed by atoms with Crippen LogP contribution in [0.4, 0.5) is 0 Å². The molecule has 0 aromatic carbocycles. The lowest BCUT2D eigenvalue weighted by molar-refractivity contribution is -0.147. The molecule has 13 heavy (non-hydrogen) atoms. The van der Waals surface area contributed by atoms with E-state index in [4.69, 9.17) is 16.7 Å². The fourth-order valence-electron chi connectivity index (χ4n) is 1.73. The van der Waals surface area contributed by atoms with Gasteiger partial charge in [-0.2, -0.15) is 0 Å². The van der Waals surface area contributed by atoms with Gasteiger partial charge in [0.15, 0.2) is 0 Å². The summed E-state index contributed by atoms with van der Waals surface area (Å²) in [6.07, 6.45) is 1.23. The van der Waals surface area contributed by atoms with Crippen molar-refractivity contribution >= 4 is 17.6 Å². The molecule has 0 spiro atoms. The molecule has 0 aromatic rings. The van der Waals surface area contributed by atoms with Crippen LogP contribution in [0, 0.1) is 5.41 Å². The molecule has 1 fully saturated rings. The molecule has 1 saturated heterocycles. The van der Waals surface area contributed by atoms with Crippen molar-refractivity contribution in [1.29, 1.82) is 0 Å². The smallest absolute Gasteiger partial charge is 0.311 e. The van der Waals surface area contributed by atoms with Gasteiger partial charge < -0.3 is 10.4 Å². The highest BCUT2D eigenvalue weighted by Crippen LogP contribution is 2.33. The lowest BCUT2D eigenvalue weighted by atomic mass is 9.81. The van der Waals surface area contributed by atoms with E-state index in [0.717, 1.165) is 12.1 Å². The number of carboxylic acid groups (broad SMARTS) is 1. The van der Waals surface area contributed by atoms with Crippen molar-refractivity contribution < 1.29 is 9.90 Å². The summed E-state index contributed by atoms with van der Waals surface area (Å²) >= 11 is 5.52. The molecule has 1 aliphatic heterocycles. The lowest BCUT2D eigenvalue weighted by Gasteiger charge is -2.22. The first-order chi connectivity index (χ1) is 6.10. The maximum absolute atomic E-state index is 11.1. The van der Waals surface area contributed by atoms with Crippen molar-refractivity contribution in [3.63, 3.8) is 0 Å². The molecule has 4 heteroatoms. The minimum Gasteiger partial charge on any atom is -0.481 e. The molecule has 1 atom stereocenters. The molecule has 0 radical (unpaired) electrons. The zero-order chi connectivity index (χ0) is 9.90. The molecule has 2 N–H and O–H groups in total. The van der Waals surface area contributed by atoms with Gasteiger partial charge in [-0.1, -0.05) is 17.2 Å². The van der Waals surface area contributed by atoms with Gasteiger partial charge in [0.05, 0.1) is 5.41 Å². The highest BCUT2D eigenvalue weighted by molar-refractivity contribution is 6.25. The van der Waals surface area contributed by atoms with E-state index in [1.165, 1.54) is 5.54 Å². The van der Waals surface area contributed by atoms with Crippen LogP contribution in [-0.4, -0.2) is 24.2 Å². The molecule has 1 rings (SSSR count). The third kappa shape index (κ3) is 2.23. The average molecular weight is 204 g/mol. The summed E-state index contributed by atoms with van der Waals surface area (Å²) in [5.41, 5.74) is 1.76. The molecule has 1 heterocycles. The van der Waals surface area contributed by atoms with E-state index in [-0.39, 0.29) is 0 Å². The molecule has 0 aliphatic carbocycles. The van der Waals surface area contributed by atoms with Gasteiger partial charge in [-0.25, -0.2) is 0 Å². The van der Waals surface area contributed by atoms with Gasteiger partial charge in [0.2, 0.25) is 0 Å². The van der Waals surface area contributed by atoms with E-state index in [9.17, 15) is 4.79 Å². The Labute approximate surface area is 82.8 Å². The zero-order valence-corrected chi connectivity index (χ0v) is 8.40. The van der Waals surface area contributed by atoms with Crippen LogP contribution < -0.4 is 5.32 Å². The third-order valence-electron chi connectivity index (χ3n) is 2.50. The van der Waals surface area contributed by atoms with E-state index in [1.807, 2.05) is 6.92 Å². The maximum Gasteiger partial charge on any atom is 0.311 e. The van der Waals surface area contributed by atoms with Crippen molar-refractivity contribution in [3.8, 4) is 0 Å². The molecule has 3 nitrogen and oxygen atoms in total. The standard InChI is InChI=1S/C9H14ClNO2/c1-7(5-10)4-9(8(12)13)2-3-11-6-9/h5,11H,2-4,6H2,1H3,(H,12,13)/b7-5+. The van der Waals surface area contributed by atoms with Crippen molar-refractivity contribution in [2.24, 2.45) is 5.41 Å². The van der Waals surface area contributed by atoms with Crippen LogP contribution in [0.2, 0.25) is 0 Å². The predicted molar refractivity (Wildman–Crippen MR) is 51.8 cm³/mol. The number of rotatable bonds is 3. The van der Waals surface area contributed by atoms with Crippen LogP contribution in [0.3, 0.4) is 0 Å². The van der Waals surface area contributed by atoms with E-state index in [1.54, 1.807) is 0 Å². The number of allylic oxidation sites excluding steroid dienone is 1. The van der Waals surface area contributed by atoms with Crippen LogP contribution >= 0.6 is 11.6 Å². The zero-order valence-electron chi connectivity index (χ0n) is 7.64. The number of halogens is 1. The molecule has 74 valence electrons. The highest BCUT2D eigenvalue weighted by Gasteiger charge is 2.41. The molecule has 1 aliphatic rings. The second-order valence-corrected chi connectivity index (χ2v) is 3.86. The van der Waals surface area contributed by atoms with Crippen molar-refractivity contribution in [2.75, 3.05) is 13.1 Å². The normalized spacial score (nSPS) is 29.2. The van der Waals surface area contributed by atoms with Crippen LogP contribution in [0.1, 0.15) is 19.8 Å². The molecular weight excluding hydrogens is 190 g/mol. The Morgan fingerprint density at radius 2 is 2.46 bits per heavy atom. The fraction of sp³-hybridized carbons (Fsp3) is 0.667. The Hall–Kier alpha value is -0.540. The quantitative estimate of drug-likeness (QED) is 0.733. The van der Waals surface area contributed by atoms with Gasteiger partial charge in [0, 0.05) is 12.1 Å². The second kappa shape index (κ2) is 4.11. The molecule has 0 aromatic heterocycles. The van der Waals surface area contributed by atoms with Crippen molar-refractivity contribution in [2.45, 2.75) is 19.8 Å². The maximum atomic E-state index is 11.1. The van der Waals surface area contributed by atoms with Crippen LogP contribution in [0.25, 0.3) is 0 Å². The number of carboxylic acids is 1. The van der Waals surface area contributed by atoms with Crippen LogP contribution in [0.15, 0.2) is 11.1 Å². The summed E-state index contributed by atoms with van der Waals surface area (Å²) in [5, 5.41) is 12.2. The van der Waals surface area contributed by atoms with Gasteiger partial charge in [-0.05, 0) is 26.3 Å². The summed E-state index contributed by atoms with van der Waals surface area (Å²) in [6.45, 7) is 3.18. The van der Waals surface area contributed by atoms with Gasteiger partial charge in [0.25, 0.3) is 0 Å². The Morgan fingerprint density at radius 1 is 1.77 bits per heavy atom. The summed E-state index contributed by atoms with van der Waals surface area (Å²) in [6, 6.07) is 0. The SMILES string of the molecule is C/C(=C\Cl)CC1(C(=O)O)CCNC1. The number of aliphatic carboxylic acids is 1. The minimum atomic E-state index is -0.727. The van der Waals surface area contributed by atoms with Gasteiger partial charge >= 0.3 is 5.97 Å². The Kier molecular flexibility index (Phi) is 3.33. The van der Waals surface area contributed by atoms with Gasteiger partial charge in [-0.15, -0.1) is 0 Å².